The minimum absolute atomic E-state index is 0.138. The highest BCUT2D eigenvalue weighted by Gasteiger charge is 2.25. The van der Waals surface area contributed by atoms with Crippen LogP contribution in [-0.4, -0.2) is 25.0 Å². The number of hydrogen-bond donors (Lipinski definition) is 2. The number of aromatic amines is 1. The zero-order chi connectivity index (χ0) is 21.1. The summed E-state index contributed by atoms with van der Waals surface area (Å²) in [5, 5.41) is 4.10. The summed E-state index contributed by atoms with van der Waals surface area (Å²) in [6.07, 6.45) is 1.71. The molecule has 1 aromatic heterocycles. The monoisotopic (exact) mass is 404 g/mol. The molecule has 4 rings (SSSR count). The molecule has 152 valence electrons. The van der Waals surface area contributed by atoms with Gasteiger partial charge in [0.1, 0.15) is 23.4 Å². The van der Waals surface area contributed by atoms with Gasteiger partial charge in [0.15, 0.2) is 5.78 Å². The maximum Gasteiger partial charge on any atom is 0.191 e. The van der Waals surface area contributed by atoms with Crippen molar-refractivity contribution in [2.75, 3.05) is 19.5 Å². The number of ether oxygens (including phenoxy) is 2. The largest absolute Gasteiger partial charge is 0.497 e. The van der Waals surface area contributed by atoms with E-state index in [9.17, 15) is 9.18 Å². The van der Waals surface area contributed by atoms with Gasteiger partial charge in [0.25, 0.3) is 0 Å². The van der Waals surface area contributed by atoms with Crippen LogP contribution in [0.1, 0.15) is 22.0 Å². The van der Waals surface area contributed by atoms with Crippen molar-refractivity contribution in [2.45, 2.75) is 6.04 Å². The van der Waals surface area contributed by atoms with Gasteiger partial charge in [0.05, 0.1) is 14.2 Å². The molecule has 0 aliphatic heterocycles. The van der Waals surface area contributed by atoms with E-state index in [4.69, 9.17) is 9.47 Å². The first-order valence-electron chi connectivity index (χ1n) is 9.44. The van der Waals surface area contributed by atoms with Crippen LogP contribution < -0.4 is 14.8 Å². The number of H-pyrrole nitrogens is 1. The summed E-state index contributed by atoms with van der Waals surface area (Å²) in [6.45, 7) is 0. The molecule has 0 fully saturated rings. The van der Waals surface area contributed by atoms with Crippen molar-refractivity contribution in [3.8, 4) is 11.5 Å². The second-order valence-electron chi connectivity index (χ2n) is 6.84. The summed E-state index contributed by atoms with van der Waals surface area (Å²) < 4.78 is 24.2. The number of nitrogens with one attached hydrogen (secondary N) is 2. The number of anilines is 1. The Kier molecular flexibility index (Phi) is 5.39. The average Bonchev–Trinajstić information content (AvgIpc) is 3.21. The summed E-state index contributed by atoms with van der Waals surface area (Å²) in [4.78, 5) is 16.7. The lowest BCUT2D eigenvalue weighted by molar-refractivity contribution is 0.0971. The second kappa shape index (κ2) is 8.29. The molecule has 3 aromatic carbocycles. The molecule has 0 saturated heterocycles. The Labute approximate surface area is 173 Å². The number of fused-ring (bicyclic) bond motifs is 1. The highest BCUT2D eigenvalue weighted by Crippen LogP contribution is 2.31. The van der Waals surface area contributed by atoms with Crippen LogP contribution >= 0.6 is 0 Å². The maximum atomic E-state index is 13.6. The van der Waals surface area contributed by atoms with Gasteiger partial charge in [-0.2, -0.15) is 0 Å². The average molecular weight is 404 g/mol. The fraction of sp³-hybridized carbons (Fsp3) is 0.125. The fourth-order valence-electron chi connectivity index (χ4n) is 3.44. The number of methoxy groups -OCH3 is 2. The summed E-state index contributed by atoms with van der Waals surface area (Å²) in [5.74, 6) is 0.685. The van der Waals surface area contributed by atoms with Gasteiger partial charge in [0, 0.05) is 46.5 Å². The minimum atomic E-state index is -0.735. The number of para-hydroxylation sites is 1. The van der Waals surface area contributed by atoms with Gasteiger partial charge >= 0.3 is 0 Å². The molecule has 30 heavy (non-hydrogen) atoms. The smallest absolute Gasteiger partial charge is 0.191 e. The molecule has 0 amide bonds. The van der Waals surface area contributed by atoms with Crippen LogP contribution in [-0.2, 0) is 0 Å². The van der Waals surface area contributed by atoms with Crippen LogP contribution in [0.5, 0.6) is 11.5 Å². The van der Waals surface area contributed by atoms with Gasteiger partial charge in [-0.25, -0.2) is 4.39 Å². The lowest BCUT2D eigenvalue weighted by Gasteiger charge is -2.20. The Balaban J connectivity index is 1.77. The number of halogens is 1. The Morgan fingerprint density at radius 3 is 2.30 bits per heavy atom. The molecule has 5 nitrogen and oxygen atoms in total. The summed E-state index contributed by atoms with van der Waals surface area (Å²) in [7, 11) is 3.13. The number of hydrogen-bond acceptors (Lipinski definition) is 4. The predicted molar refractivity (Wildman–Crippen MR) is 115 cm³/mol. The van der Waals surface area contributed by atoms with E-state index in [0.29, 0.717) is 28.3 Å². The van der Waals surface area contributed by atoms with Crippen molar-refractivity contribution >= 4 is 22.4 Å². The molecule has 2 N–H and O–H groups in total. The Hall–Kier alpha value is -3.80. The molecule has 0 aliphatic rings. The van der Waals surface area contributed by atoms with Gasteiger partial charge in [0.2, 0.25) is 0 Å². The van der Waals surface area contributed by atoms with Gasteiger partial charge < -0.3 is 19.8 Å². The first kappa shape index (κ1) is 19.5. The van der Waals surface area contributed by atoms with Crippen molar-refractivity contribution in [2.24, 2.45) is 0 Å². The van der Waals surface area contributed by atoms with Gasteiger partial charge in [-0.15, -0.1) is 0 Å². The van der Waals surface area contributed by atoms with Gasteiger partial charge in [-0.05, 0) is 23.8 Å². The number of rotatable bonds is 7. The molecular weight excluding hydrogens is 383 g/mol. The summed E-state index contributed by atoms with van der Waals surface area (Å²) in [5.41, 5.74) is 2.73. The van der Waals surface area contributed by atoms with Crippen LogP contribution in [0, 0.1) is 5.82 Å². The van der Waals surface area contributed by atoms with Crippen molar-refractivity contribution < 1.29 is 18.7 Å². The highest BCUT2D eigenvalue weighted by molar-refractivity contribution is 6.11. The van der Waals surface area contributed by atoms with Gasteiger partial charge in [-0.1, -0.05) is 30.3 Å². The van der Waals surface area contributed by atoms with Gasteiger partial charge in [-0.3, -0.25) is 4.79 Å². The van der Waals surface area contributed by atoms with Crippen LogP contribution in [0.2, 0.25) is 0 Å². The summed E-state index contributed by atoms with van der Waals surface area (Å²) in [6, 6.07) is 18.1. The molecule has 6 heteroatoms. The van der Waals surface area contributed by atoms with Crippen molar-refractivity contribution in [3.63, 3.8) is 0 Å². The first-order valence-corrected chi connectivity index (χ1v) is 9.44. The maximum absolute atomic E-state index is 13.6. The number of ketones is 1. The topological polar surface area (TPSA) is 63.3 Å². The SMILES string of the molecule is COc1cc(NC(C(=O)c2c[nH]c3ccccc23)c2ccc(F)cc2)cc(OC)c1. The second-order valence-corrected chi connectivity index (χ2v) is 6.84. The Morgan fingerprint density at radius 2 is 1.63 bits per heavy atom. The molecule has 1 atom stereocenters. The van der Waals surface area contributed by atoms with Crippen LogP contribution in [0.15, 0.2) is 72.9 Å². The molecule has 1 heterocycles. The van der Waals surface area contributed by atoms with Crippen LogP contribution in [0.3, 0.4) is 0 Å². The summed E-state index contributed by atoms with van der Waals surface area (Å²) >= 11 is 0. The van der Waals surface area contributed by atoms with E-state index >= 15 is 0 Å². The number of Topliss-reactive ketones (excluding diaryl/α,β-unsaturated/α-hetero) is 1. The van der Waals surface area contributed by atoms with E-state index < -0.39 is 6.04 Å². The number of aromatic nitrogens is 1. The van der Waals surface area contributed by atoms with E-state index in [1.807, 2.05) is 24.3 Å². The van der Waals surface area contributed by atoms with E-state index in [2.05, 4.69) is 10.3 Å². The van der Waals surface area contributed by atoms with Crippen molar-refractivity contribution in [1.82, 2.24) is 4.98 Å². The standard InChI is InChI=1S/C24H21FN2O3/c1-29-18-11-17(12-19(13-18)30-2)27-23(15-7-9-16(25)10-8-15)24(28)21-14-26-22-6-4-3-5-20(21)22/h3-14,23,26-27H,1-2H3. The lowest BCUT2D eigenvalue weighted by Crippen LogP contribution is -2.21. The molecule has 4 aromatic rings. The van der Waals surface area contributed by atoms with E-state index in [1.165, 1.54) is 12.1 Å². The molecule has 0 spiro atoms. The minimum Gasteiger partial charge on any atom is -0.497 e. The van der Waals surface area contributed by atoms with Crippen LogP contribution in [0.25, 0.3) is 10.9 Å². The van der Waals surface area contributed by atoms with Crippen molar-refractivity contribution in [1.29, 1.82) is 0 Å². The Bertz CT molecular complexity index is 1160. The molecule has 0 aliphatic carbocycles. The third kappa shape index (κ3) is 3.85. The lowest BCUT2D eigenvalue weighted by atomic mass is 9.96. The van der Waals surface area contributed by atoms with E-state index in [0.717, 1.165) is 10.9 Å². The van der Waals surface area contributed by atoms with E-state index in [1.54, 1.807) is 50.7 Å². The normalized spacial score (nSPS) is 11.8. The van der Waals surface area contributed by atoms with Crippen LogP contribution in [0.4, 0.5) is 10.1 Å². The zero-order valence-corrected chi connectivity index (χ0v) is 16.6. The highest BCUT2D eigenvalue weighted by atomic mass is 19.1. The molecule has 1 unspecified atom stereocenters. The van der Waals surface area contributed by atoms with Crippen molar-refractivity contribution in [3.05, 3.63) is 89.9 Å². The van der Waals surface area contributed by atoms with E-state index in [-0.39, 0.29) is 11.6 Å². The molecule has 0 radical (unpaired) electrons. The predicted octanol–water partition coefficient (Wildman–Crippen LogP) is 5.36. The quantitative estimate of drug-likeness (QED) is 0.407. The number of carbonyl (C=O) groups excluding carboxylic acids is 1. The third-order valence-electron chi connectivity index (χ3n) is 4.98. The first-order chi connectivity index (χ1) is 14.6. The molecular formula is C24H21FN2O3. The number of benzene rings is 3. The third-order valence-corrected chi connectivity index (χ3v) is 4.98. The molecule has 0 saturated carbocycles. The molecule has 0 bridgehead atoms. The zero-order valence-electron chi connectivity index (χ0n) is 16.6. The Morgan fingerprint density at radius 1 is 0.967 bits per heavy atom. The number of carbonyl (C=O) groups is 1. The fourth-order valence-corrected chi connectivity index (χ4v) is 3.44.